The zero-order valence-corrected chi connectivity index (χ0v) is 12.8. The molecule has 0 heterocycles. The van der Waals surface area contributed by atoms with Crippen LogP contribution in [0.1, 0.15) is 31.2 Å². The van der Waals surface area contributed by atoms with E-state index in [-0.39, 0.29) is 5.82 Å². The third-order valence-electron chi connectivity index (χ3n) is 4.22. The fourth-order valence-electron chi connectivity index (χ4n) is 2.98. The van der Waals surface area contributed by atoms with Crippen molar-refractivity contribution in [2.24, 2.45) is 11.8 Å². The highest BCUT2D eigenvalue weighted by Crippen LogP contribution is 2.30. The van der Waals surface area contributed by atoms with Crippen LogP contribution in [0.5, 0.6) is 5.75 Å². The van der Waals surface area contributed by atoms with Gasteiger partial charge in [-0.1, -0.05) is 18.9 Å². The first-order valence-electron chi connectivity index (χ1n) is 7.33. The highest BCUT2D eigenvalue weighted by molar-refractivity contribution is 6.18. The van der Waals surface area contributed by atoms with Gasteiger partial charge < -0.3 is 10.1 Å². The number of hydrogen-bond donors (Lipinski definition) is 1. The van der Waals surface area contributed by atoms with Crippen LogP contribution in [-0.4, -0.2) is 19.5 Å². The summed E-state index contributed by atoms with van der Waals surface area (Å²) in [5.74, 6) is 2.03. The van der Waals surface area contributed by atoms with Crippen LogP contribution in [0.2, 0.25) is 0 Å². The summed E-state index contributed by atoms with van der Waals surface area (Å²) in [7, 11) is 1.48. The van der Waals surface area contributed by atoms with Crippen LogP contribution in [0.15, 0.2) is 18.2 Å². The summed E-state index contributed by atoms with van der Waals surface area (Å²) in [5.41, 5.74) is 0.946. The topological polar surface area (TPSA) is 21.3 Å². The van der Waals surface area contributed by atoms with Gasteiger partial charge in [0.2, 0.25) is 0 Å². The lowest BCUT2D eigenvalue weighted by Crippen LogP contribution is -2.31. The first kappa shape index (κ1) is 15.6. The standard InChI is InChI=1S/C16H23ClFNO/c1-20-16-7-6-12(8-15(16)18)10-19-11-14-5-3-2-4-13(14)9-17/h6-8,13-14,19H,2-5,9-11H2,1H3. The van der Waals surface area contributed by atoms with Crippen LogP contribution in [-0.2, 0) is 6.54 Å². The number of rotatable bonds is 6. The van der Waals surface area contributed by atoms with Crippen molar-refractivity contribution in [3.05, 3.63) is 29.6 Å². The van der Waals surface area contributed by atoms with Crippen molar-refractivity contribution in [2.45, 2.75) is 32.2 Å². The predicted octanol–water partition coefficient (Wildman–Crippen LogP) is 3.97. The number of methoxy groups -OCH3 is 1. The van der Waals surface area contributed by atoms with Gasteiger partial charge in [0, 0.05) is 12.4 Å². The largest absolute Gasteiger partial charge is 0.494 e. The number of alkyl halides is 1. The molecule has 20 heavy (non-hydrogen) atoms. The molecule has 2 nitrogen and oxygen atoms in total. The van der Waals surface area contributed by atoms with E-state index in [1.165, 1.54) is 38.9 Å². The summed E-state index contributed by atoms with van der Waals surface area (Å²) < 4.78 is 18.5. The summed E-state index contributed by atoms with van der Waals surface area (Å²) in [5, 5.41) is 3.43. The second-order valence-corrected chi connectivity index (χ2v) is 5.87. The molecule has 2 unspecified atom stereocenters. The lowest BCUT2D eigenvalue weighted by atomic mass is 9.80. The van der Waals surface area contributed by atoms with Gasteiger partial charge >= 0.3 is 0 Å². The van der Waals surface area contributed by atoms with E-state index in [9.17, 15) is 4.39 Å². The van der Waals surface area contributed by atoms with Gasteiger partial charge in [0.15, 0.2) is 11.6 Å². The first-order chi connectivity index (χ1) is 9.74. The summed E-state index contributed by atoms with van der Waals surface area (Å²) >= 11 is 6.03. The number of halogens is 2. The summed E-state index contributed by atoms with van der Waals surface area (Å²) in [4.78, 5) is 0. The Kier molecular flexibility index (Phi) is 6.11. The number of benzene rings is 1. The van der Waals surface area contributed by atoms with Crippen LogP contribution in [0.3, 0.4) is 0 Å². The molecular formula is C16H23ClFNO. The van der Waals surface area contributed by atoms with Gasteiger partial charge in [-0.15, -0.1) is 11.6 Å². The van der Waals surface area contributed by atoms with Gasteiger partial charge in [0.25, 0.3) is 0 Å². The van der Waals surface area contributed by atoms with E-state index in [0.29, 0.717) is 24.1 Å². The molecule has 0 radical (unpaired) electrons. The normalized spacial score (nSPS) is 22.8. The lowest BCUT2D eigenvalue weighted by Gasteiger charge is -2.30. The van der Waals surface area contributed by atoms with Crippen LogP contribution in [0.25, 0.3) is 0 Å². The van der Waals surface area contributed by atoms with Gasteiger partial charge in [-0.25, -0.2) is 4.39 Å². The zero-order chi connectivity index (χ0) is 14.4. The molecule has 1 saturated carbocycles. The van der Waals surface area contributed by atoms with Gasteiger partial charge in [0.1, 0.15) is 0 Å². The highest BCUT2D eigenvalue weighted by Gasteiger charge is 2.23. The Hall–Kier alpha value is -0.800. The number of nitrogens with one attached hydrogen (secondary N) is 1. The molecule has 1 aromatic carbocycles. The molecule has 1 fully saturated rings. The lowest BCUT2D eigenvalue weighted by molar-refractivity contribution is 0.250. The maximum absolute atomic E-state index is 13.6. The molecule has 1 aliphatic carbocycles. The Morgan fingerprint density at radius 3 is 2.70 bits per heavy atom. The van der Waals surface area contributed by atoms with Crippen LogP contribution >= 0.6 is 11.6 Å². The molecular weight excluding hydrogens is 277 g/mol. The van der Waals surface area contributed by atoms with Gasteiger partial charge in [-0.2, -0.15) is 0 Å². The Balaban J connectivity index is 1.81. The SMILES string of the molecule is COc1ccc(CNCC2CCCCC2CCl)cc1F. The maximum Gasteiger partial charge on any atom is 0.165 e. The van der Waals surface area contributed by atoms with Crippen LogP contribution in [0.4, 0.5) is 4.39 Å². The average molecular weight is 300 g/mol. The molecule has 0 spiro atoms. The molecule has 1 aromatic rings. The van der Waals surface area contributed by atoms with E-state index in [1.807, 2.05) is 6.07 Å². The van der Waals surface area contributed by atoms with E-state index in [1.54, 1.807) is 6.07 Å². The third kappa shape index (κ3) is 4.10. The van der Waals surface area contributed by atoms with Gasteiger partial charge in [0.05, 0.1) is 7.11 Å². The molecule has 1 aliphatic rings. The minimum absolute atomic E-state index is 0.295. The second-order valence-electron chi connectivity index (χ2n) is 5.56. The quantitative estimate of drug-likeness (QED) is 0.803. The molecule has 2 rings (SSSR count). The van der Waals surface area contributed by atoms with Crippen LogP contribution in [0, 0.1) is 17.7 Å². The third-order valence-corrected chi connectivity index (χ3v) is 4.61. The Labute approximate surface area is 125 Å². The molecule has 2 atom stereocenters. The minimum Gasteiger partial charge on any atom is -0.494 e. The van der Waals surface area contributed by atoms with E-state index in [4.69, 9.17) is 16.3 Å². The number of ether oxygens (including phenoxy) is 1. The van der Waals surface area contributed by atoms with E-state index in [2.05, 4.69) is 5.32 Å². The zero-order valence-electron chi connectivity index (χ0n) is 12.0. The summed E-state index contributed by atoms with van der Waals surface area (Å²) in [6.07, 6.45) is 5.10. The van der Waals surface area contributed by atoms with Crippen LogP contribution < -0.4 is 10.1 Å². The molecule has 0 bridgehead atoms. The molecule has 0 aliphatic heterocycles. The van der Waals surface area contributed by atoms with Crippen molar-refractivity contribution in [1.29, 1.82) is 0 Å². The Morgan fingerprint density at radius 2 is 2.05 bits per heavy atom. The van der Waals surface area contributed by atoms with Crippen molar-refractivity contribution in [3.8, 4) is 5.75 Å². The summed E-state index contributed by atoms with van der Waals surface area (Å²) in [6, 6.07) is 5.11. The smallest absolute Gasteiger partial charge is 0.165 e. The highest BCUT2D eigenvalue weighted by atomic mass is 35.5. The van der Waals surface area contributed by atoms with Crippen molar-refractivity contribution < 1.29 is 9.13 Å². The molecule has 1 N–H and O–H groups in total. The van der Waals surface area contributed by atoms with Crippen molar-refractivity contribution in [2.75, 3.05) is 19.5 Å². The van der Waals surface area contributed by atoms with Crippen molar-refractivity contribution in [1.82, 2.24) is 5.32 Å². The second kappa shape index (κ2) is 7.84. The minimum atomic E-state index is -0.303. The van der Waals surface area contributed by atoms with E-state index >= 15 is 0 Å². The van der Waals surface area contributed by atoms with Crippen molar-refractivity contribution in [3.63, 3.8) is 0 Å². The monoisotopic (exact) mass is 299 g/mol. The maximum atomic E-state index is 13.6. The fourth-order valence-corrected chi connectivity index (χ4v) is 3.38. The van der Waals surface area contributed by atoms with E-state index in [0.717, 1.165) is 18.0 Å². The van der Waals surface area contributed by atoms with E-state index < -0.39 is 0 Å². The molecule has 0 aromatic heterocycles. The molecule has 0 amide bonds. The fraction of sp³-hybridized carbons (Fsp3) is 0.625. The van der Waals surface area contributed by atoms with Gasteiger partial charge in [-0.05, 0) is 48.9 Å². The number of hydrogen-bond acceptors (Lipinski definition) is 2. The predicted molar refractivity (Wildman–Crippen MR) is 80.8 cm³/mol. The Morgan fingerprint density at radius 1 is 1.30 bits per heavy atom. The Bertz CT molecular complexity index is 427. The molecule has 4 heteroatoms. The average Bonchev–Trinajstić information content (AvgIpc) is 2.48. The molecule has 0 saturated heterocycles. The molecule has 112 valence electrons. The first-order valence-corrected chi connectivity index (χ1v) is 7.87. The summed E-state index contributed by atoms with van der Waals surface area (Å²) in [6.45, 7) is 1.65. The van der Waals surface area contributed by atoms with Crippen molar-refractivity contribution >= 4 is 11.6 Å². The van der Waals surface area contributed by atoms with Gasteiger partial charge in [-0.3, -0.25) is 0 Å².